The number of nitrogens with zero attached hydrogens (tertiary/aromatic N) is 4. The van der Waals surface area contributed by atoms with Crippen molar-refractivity contribution in [2.75, 3.05) is 19.4 Å². The van der Waals surface area contributed by atoms with E-state index < -0.39 is 5.79 Å². The van der Waals surface area contributed by atoms with E-state index in [2.05, 4.69) is 14.5 Å². The first-order valence-corrected chi connectivity index (χ1v) is 11.4. The van der Waals surface area contributed by atoms with Crippen LogP contribution in [0.25, 0.3) is 11.0 Å². The fourth-order valence-corrected chi connectivity index (χ4v) is 5.30. The van der Waals surface area contributed by atoms with Gasteiger partial charge in [0.1, 0.15) is 35.4 Å². The minimum absolute atomic E-state index is 0.0206. The van der Waals surface area contributed by atoms with Crippen LogP contribution in [-0.4, -0.2) is 57.2 Å². The summed E-state index contributed by atoms with van der Waals surface area (Å²) < 4.78 is 26.3. The number of rotatable bonds is 4. The Morgan fingerprint density at radius 3 is 2.88 bits per heavy atom. The van der Waals surface area contributed by atoms with E-state index in [4.69, 9.17) is 24.7 Å². The van der Waals surface area contributed by atoms with Gasteiger partial charge in [0.15, 0.2) is 5.79 Å². The highest BCUT2D eigenvalue weighted by molar-refractivity contribution is 5.86. The molecule has 1 aliphatic carbocycles. The van der Waals surface area contributed by atoms with Crippen molar-refractivity contribution in [2.45, 2.75) is 50.8 Å². The first-order chi connectivity index (χ1) is 16.3. The molecule has 0 spiro atoms. The molecule has 0 unspecified atom stereocenters. The van der Waals surface area contributed by atoms with Crippen molar-refractivity contribution in [2.24, 2.45) is 5.92 Å². The SMILES string of the molecule is CN1Cc2ccc(OC[C@H]3C[C@@H](n4ccc5c(N)ncnc54)[C@@H]4OC(C)(C)O[C@H]34)cc2OC1=O. The van der Waals surface area contributed by atoms with Crippen molar-refractivity contribution in [3.63, 3.8) is 0 Å². The summed E-state index contributed by atoms with van der Waals surface area (Å²) in [6.07, 6.45) is 3.63. The highest BCUT2D eigenvalue weighted by Gasteiger charge is 2.55. The molecule has 3 aromatic rings. The lowest BCUT2D eigenvalue weighted by atomic mass is 10.1. The minimum atomic E-state index is -0.685. The van der Waals surface area contributed by atoms with E-state index in [1.165, 1.54) is 11.2 Å². The molecule has 1 aromatic carbocycles. The van der Waals surface area contributed by atoms with Gasteiger partial charge in [0.05, 0.1) is 30.7 Å². The monoisotopic (exact) mass is 465 g/mol. The molecule has 4 atom stereocenters. The maximum atomic E-state index is 11.9. The van der Waals surface area contributed by atoms with E-state index >= 15 is 0 Å². The van der Waals surface area contributed by atoms with Gasteiger partial charge in [0.2, 0.25) is 0 Å². The number of fused-ring (bicyclic) bond motifs is 3. The molecule has 3 aliphatic rings. The zero-order valence-corrected chi connectivity index (χ0v) is 19.3. The van der Waals surface area contributed by atoms with E-state index in [1.54, 1.807) is 13.1 Å². The van der Waals surface area contributed by atoms with Gasteiger partial charge < -0.3 is 34.1 Å². The predicted octanol–water partition coefficient (Wildman–Crippen LogP) is 3.12. The van der Waals surface area contributed by atoms with E-state index in [0.717, 1.165) is 23.0 Å². The largest absolute Gasteiger partial charge is 0.493 e. The summed E-state index contributed by atoms with van der Waals surface area (Å²) in [5.41, 5.74) is 7.78. The second kappa shape index (κ2) is 7.57. The number of nitrogens with two attached hydrogens (primary N) is 1. The molecule has 10 heteroatoms. The molecule has 178 valence electrons. The lowest BCUT2D eigenvalue weighted by Crippen LogP contribution is -2.33. The highest BCUT2D eigenvalue weighted by Crippen LogP contribution is 2.48. The van der Waals surface area contributed by atoms with Gasteiger partial charge in [-0.15, -0.1) is 0 Å². The first kappa shape index (κ1) is 21.2. The third kappa shape index (κ3) is 3.45. The molecule has 1 amide bonds. The van der Waals surface area contributed by atoms with Gasteiger partial charge in [-0.05, 0) is 38.5 Å². The molecule has 1 saturated carbocycles. The Hall–Kier alpha value is -3.37. The second-order valence-electron chi connectivity index (χ2n) is 9.65. The minimum Gasteiger partial charge on any atom is -0.493 e. The lowest BCUT2D eigenvalue weighted by molar-refractivity contribution is -0.161. The molecule has 4 heterocycles. The van der Waals surface area contributed by atoms with Crippen LogP contribution in [0.5, 0.6) is 11.5 Å². The lowest BCUT2D eigenvalue weighted by Gasteiger charge is -2.25. The zero-order chi connectivity index (χ0) is 23.6. The summed E-state index contributed by atoms with van der Waals surface area (Å²) >= 11 is 0. The Morgan fingerprint density at radius 1 is 1.21 bits per heavy atom. The van der Waals surface area contributed by atoms with Gasteiger partial charge in [-0.3, -0.25) is 0 Å². The van der Waals surface area contributed by atoms with E-state index in [1.807, 2.05) is 38.2 Å². The van der Waals surface area contributed by atoms with Crippen LogP contribution < -0.4 is 15.2 Å². The topological polar surface area (TPSA) is 114 Å². The molecule has 34 heavy (non-hydrogen) atoms. The van der Waals surface area contributed by atoms with Crippen LogP contribution in [0, 0.1) is 5.92 Å². The third-order valence-electron chi connectivity index (χ3n) is 6.87. The predicted molar refractivity (Wildman–Crippen MR) is 122 cm³/mol. The van der Waals surface area contributed by atoms with Crippen molar-refractivity contribution in [1.29, 1.82) is 0 Å². The van der Waals surface area contributed by atoms with Gasteiger partial charge in [-0.25, -0.2) is 14.8 Å². The Bertz CT molecular complexity index is 1270. The molecule has 2 aromatic heterocycles. The number of aromatic nitrogens is 3. The number of amides is 1. The number of hydrogen-bond donors (Lipinski definition) is 1. The molecule has 2 N–H and O–H groups in total. The summed E-state index contributed by atoms with van der Waals surface area (Å²) in [6, 6.07) is 7.58. The van der Waals surface area contributed by atoms with Crippen LogP contribution in [0.2, 0.25) is 0 Å². The molecule has 2 fully saturated rings. The van der Waals surface area contributed by atoms with Gasteiger partial charge in [-0.1, -0.05) is 0 Å². The highest BCUT2D eigenvalue weighted by atomic mass is 16.8. The summed E-state index contributed by atoms with van der Waals surface area (Å²) in [5.74, 6) is 1.07. The van der Waals surface area contributed by atoms with Crippen LogP contribution in [0.4, 0.5) is 10.6 Å². The van der Waals surface area contributed by atoms with Crippen molar-refractivity contribution in [1.82, 2.24) is 19.4 Å². The molecule has 10 nitrogen and oxygen atoms in total. The van der Waals surface area contributed by atoms with Gasteiger partial charge in [-0.2, -0.15) is 0 Å². The van der Waals surface area contributed by atoms with Crippen molar-refractivity contribution in [3.05, 3.63) is 42.4 Å². The Labute approximate surface area is 196 Å². The maximum absolute atomic E-state index is 11.9. The quantitative estimate of drug-likeness (QED) is 0.625. The van der Waals surface area contributed by atoms with Crippen LogP contribution >= 0.6 is 0 Å². The molecule has 0 radical (unpaired) electrons. The number of hydrogen-bond acceptors (Lipinski definition) is 8. The van der Waals surface area contributed by atoms with Crippen LogP contribution in [-0.2, 0) is 16.0 Å². The summed E-state index contributed by atoms with van der Waals surface area (Å²) in [4.78, 5) is 22.0. The number of carbonyl (C=O) groups excluding carboxylic acids is 1. The summed E-state index contributed by atoms with van der Waals surface area (Å²) in [6.45, 7) is 4.83. The third-order valence-corrected chi connectivity index (χ3v) is 6.87. The van der Waals surface area contributed by atoms with Crippen molar-refractivity contribution < 1.29 is 23.7 Å². The fourth-order valence-electron chi connectivity index (χ4n) is 5.30. The summed E-state index contributed by atoms with van der Waals surface area (Å²) in [7, 11) is 1.71. The van der Waals surface area contributed by atoms with Gasteiger partial charge in [0, 0.05) is 30.8 Å². The van der Waals surface area contributed by atoms with Gasteiger partial charge >= 0.3 is 6.09 Å². The first-order valence-electron chi connectivity index (χ1n) is 11.4. The normalized spacial score (nSPS) is 27.5. The van der Waals surface area contributed by atoms with Crippen molar-refractivity contribution >= 4 is 22.9 Å². The molecular formula is C24H27N5O5. The number of benzene rings is 1. The van der Waals surface area contributed by atoms with Gasteiger partial charge in [0.25, 0.3) is 0 Å². The molecule has 2 aliphatic heterocycles. The van der Waals surface area contributed by atoms with E-state index in [-0.39, 0.29) is 30.3 Å². The Kier molecular flexibility index (Phi) is 4.72. The van der Waals surface area contributed by atoms with E-state index in [0.29, 0.717) is 30.5 Å². The number of carbonyl (C=O) groups is 1. The van der Waals surface area contributed by atoms with Crippen LogP contribution in [0.15, 0.2) is 36.8 Å². The second-order valence-corrected chi connectivity index (χ2v) is 9.65. The summed E-state index contributed by atoms with van der Waals surface area (Å²) in [5, 5.41) is 0.825. The van der Waals surface area contributed by atoms with E-state index in [9.17, 15) is 4.79 Å². The molecule has 1 saturated heterocycles. The average molecular weight is 466 g/mol. The average Bonchev–Trinajstić information content (AvgIpc) is 3.45. The Morgan fingerprint density at radius 2 is 2.03 bits per heavy atom. The molecular weight excluding hydrogens is 438 g/mol. The fraction of sp³-hybridized carbons (Fsp3) is 0.458. The number of anilines is 1. The van der Waals surface area contributed by atoms with Crippen LogP contribution in [0.1, 0.15) is 31.9 Å². The smallest absolute Gasteiger partial charge is 0.415 e. The number of ether oxygens (including phenoxy) is 4. The number of nitrogen functional groups attached to an aromatic ring is 1. The maximum Gasteiger partial charge on any atom is 0.415 e. The van der Waals surface area contributed by atoms with Crippen LogP contribution in [0.3, 0.4) is 0 Å². The standard InChI is InChI=1S/C24H27N5O5/c1-24(2)33-19-14(11-31-15-5-4-13-10-28(3)23(30)32-18(13)9-15)8-17(20(19)34-24)29-7-6-16-21(25)26-12-27-22(16)29/h4-7,9,12,14,17,19-20H,8,10-11H2,1-3H3,(H2,25,26,27)/t14-,17-,19-,20+/m1/s1. The zero-order valence-electron chi connectivity index (χ0n) is 19.3. The Balaban J connectivity index is 1.24. The molecule has 0 bridgehead atoms. The molecule has 6 rings (SSSR count). The van der Waals surface area contributed by atoms with Crippen molar-refractivity contribution in [3.8, 4) is 11.5 Å².